The fourth-order valence-corrected chi connectivity index (χ4v) is 4.21. The van der Waals surface area contributed by atoms with E-state index in [1.165, 1.54) is 32.6 Å². The number of ether oxygens (including phenoxy) is 2. The van der Waals surface area contributed by atoms with Crippen molar-refractivity contribution in [2.45, 2.75) is 12.8 Å². The number of nitrogens with zero attached hydrogens (tertiary/aromatic N) is 2. The lowest BCUT2D eigenvalue weighted by molar-refractivity contribution is -0.120. The molecule has 1 heterocycles. The van der Waals surface area contributed by atoms with Crippen molar-refractivity contribution in [1.82, 2.24) is 8.61 Å². The summed E-state index contributed by atoms with van der Waals surface area (Å²) in [4.78, 5) is 12.7. The summed E-state index contributed by atoms with van der Waals surface area (Å²) in [5.41, 5.74) is 0.423. The van der Waals surface area contributed by atoms with Gasteiger partial charge >= 0.3 is 0 Å². The summed E-state index contributed by atoms with van der Waals surface area (Å²) in [6, 6.07) is 3.13. The summed E-state index contributed by atoms with van der Waals surface area (Å²) in [6.07, 6.45) is 1.23. The van der Waals surface area contributed by atoms with E-state index >= 15 is 0 Å². The molecule has 26 heavy (non-hydrogen) atoms. The van der Waals surface area contributed by atoms with Crippen LogP contribution in [0.2, 0.25) is 5.02 Å². The molecule has 0 spiro atoms. The molecule has 0 radical (unpaired) electrons. The first-order valence-electron chi connectivity index (χ1n) is 8.10. The van der Waals surface area contributed by atoms with Crippen molar-refractivity contribution < 1.29 is 22.7 Å². The van der Waals surface area contributed by atoms with Gasteiger partial charge in [0.05, 0.1) is 30.8 Å². The maximum atomic E-state index is 12.7. The molecule has 1 aliphatic heterocycles. The molecule has 8 nitrogen and oxygen atoms in total. The summed E-state index contributed by atoms with van der Waals surface area (Å²) >= 11 is 6.07. The molecule has 10 heteroatoms. The van der Waals surface area contributed by atoms with Gasteiger partial charge in [-0.1, -0.05) is 11.6 Å². The maximum absolute atomic E-state index is 12.7. The van der Waals surface area contributed by atoms with E-state index in [4.69, 9.17) is 21.1 Å². The van der Waals surface area contributed by atoms with E-state index < -0.39 is 16.1 Å². The van der Waals surface area contributed by atoms with Gasteiger partial charge in [0.25, 0.3) is 10.2 Å². The molecule has 0 unspecified atom stereocenters. The van der Waals surface area contributed by atoms with E-state index in [9.17, 15) is 13.2 Å². The van der Waals surface area contributed by atoms with Crippen LogP contribution in [0, 0.1) is 5.92 Å². The Bertz CT molecular complexity index is 769. The number of halogens is 1. The quantitative estimate of drug-likeness (QED) is 0.779. The monoisotopic (exact) mass is 405 g/mol. The Morgan fingerprint density at radius 1 is 1.27 bits per heavy atom. The summed E-state index contributed by atoms with van der Waals surface area (Å²) < 4.78 is 37.5. The fourth-order valence-electron chi connectivity index (χ4n) is 2.79. The van der Waals surface area contributed by atoms with Crippen molar-refractivity contribution in [2.75, 3.05) is 46.7 Å². The number of anilines is 1. The van der Waals surface area contributed by atoms with Gasteiger partial charge < -0.3 is 14.8 Å². The predicted molar refractivity (Wildman–Crippen MR) is 100 cm³/mol. The third kappa shape index (κ3) is 4.40. The molecule has 1 amide bonds. The Labute approximate surface area is 159 Å². The molecule has 1 N–H and O–H groups in total. The Morgan fingerprint density at radius 3 is 2.50 bits per heavy atom. The van der Waals surface area contributed by atoms with Crippen LogP contribution in [-0.2, 0) is 15.0 Å². The van der Waals surface area contributed by atoms with E-state index in [0.29, 0.717) is 41.6 Å². The van der Waals surface area contributed by atoms with E-state index in [1.807, 2.05) is 0 Å². The standard InChI is InChI=1S/C16H24ClN3O5S/c1-19(2)26(22,23)20-7-5-6-11(10-20)16(21)18-13-9-14(24-3)12(17)8-15(13)25-4/h8-9,11H,5-7,10H2,1-4H3,(H,18,21)/t11-/m0/s1. The minimum atomic E-state index is -3.54. The third-order valence-corrected chi connectivity index (χ3v) is 6.48. The molecular formula is C16H24ClN3O5S. The van der Waals surface area contributed by atoms with Gasteiger partial charge in [0.1, 0.15) is 11.5 Å². The summed E-state index contributed by atoms with van der Waals surface area (Å²) in [7, 11) is 2.36. The molecule has 1 aliphatic rings. The number of carbonyl (C=O) groups excluding carboxylic acids is 1. The van der Waals surface area contributed by atoms with Crippen molar-refractivity contribution in [1.29, 1.82) is 0 Å². The lowest BCUT2D eigenvalue weighted by atomic mass is 9.98. The van der Waals surface area contributed by atoms with Crippen LogP contribution < -0.4 is 14.8 Å². The molecule has 0 aliphatic carbocycles. The lowest BCUT2D eigenvalue weighted by Gasteiger charge is -2.32. The average molecular weight is 406 g/mol. The number of hydrogen-bond acceptors (Lipinski definition) is 5. The lowest BCUT2D eigenvalue weighted by Crippen LogP contribution is -2.47. The predicted octanol–water partition coefficient (Wildman–Crippen LogP) is 1.81. The normalized spacial score (nSPS) is 18.6. The van der Waals surface area contributed by atoms with Crippen LogP contribution >= 0.6 is 11.6 Å². The first-order chi connectivity index (χ1) is 12.2. The van der Waals surface area contributed by atoms with Gasteiger partial charge in [-0.3, -0.25) is 4.79 Å². The highest BCUT2D eigenvalue weighted by atomic mass is 35.5. The van der Waals surface area contributed by atoms with Gasteiger partial charge in [-0.2, -0.15) is 17.0 Å². The van der Waals surface area contributed by atoms with E-state index in [0.717, 1.165) is 4.31 Å². The Balaban J connectivity index is 2.17. The highest BCUT2D eigenvalue weighted by molar-refractivity contribution is 7.86. The molecule has 1 fully saturated rings. The average Bonchev–Trinajstić information content (AvgIpc) is 2.62. The molecule has 1 atom stereocenters. The van der Waals surface area contributed by atoms with Gasteiger partial charge in [-0.15, -0.1) is 0 Å². The van der Waals surface area contributed by atoms with Crippen LogP contribution in [0.3, 0.4) is 0 Å². The summed E-state index contributed by atoms with van der Waals surface area (Å²) in [6.45, 7) is 0.543. The van der Waals surface area contributed by atoms with Crippen LogP contribution in [0.5, 0.6) is 11.5 Å². The zero-order valence-corrected chi connectivity index (χ0v) is 16.9. The van der Waals surface area contributed by atoms with Crippen molar-refractivity contribution in [3.63, 3.8) is 0 Å². The minimum absolute atomic E-state index is 0.138. The Hall–Kier alpha value is -1.55. The zero-order chi connectivity index (χ0) is 19.5. The van der Waals surface area contributed by atoms with Crippen molar-refractivity contribution in [3.8, 4) is 11.5 Å². The maximum Gasteiger partial charge on any atom is 0.281 e. The Kier molecular flexibility index (Phi) is 6.73. The number of amides is 1. The van der Waals surface area contributed by atoms with Gasteiger partial charge in [-0.25, -0.2) is 0 Å². The molecule has 1 aromatic rings. The topological polar surface area (TPSA) is 88.2 Å². The third-order valence-electron chi connectivity index (χ3n) is 4.27. The van der Waals surface area contributed by atoms with Crippen LogP contribution in [-0.4, -0.2) is 64.3 Å². The number of hydrogen-bond donors (Lipinski definition) is 1. The van der Waals surface area contributed by atoms with Crippen LogP contribution in [0.25, 0.3) is 0 Å². The summed E-state index contributed by atoms with van der Waals surface area (Å²) in [5.74, 6) is 0.0807. The molecule has 2 rings (SSSR count). The first kappa shape index (κ1) is 20.8. The highest BCUT2D eigenvalue weighted by Gasteiger charge is 2.33. The number of benzene rings is 1. The molecule has 1 saturated heterocycles. The second kappa shape index (κ2) is 8.43. The highest BCUT2D eigenvalue weighted by Crippen LogP contribution is 2.36. The smallest absolute Gasteiger partial charge is 0.281 e. The zero-order valence-electron chi connectivity index (χ0n) is 15.3. The van der Waals surface area contributed by atoms with Crippen molar-refractivity contribution in [3.05, 3.63) is 17.2 Å². The number of piperidine rings is 1. The van der Waals surface area contributed by atoms with Gasteiger partial charge in [-0.05, 0) is 12.8 Å². The Morgan fingerprint density at radius 2 is 1.92 bits per heavy atom. The first-order valence-corrected chi connectivity index (χ1v) is 9.88. The SMILES string of the molecule is COc1cc(NC(=O)[C@H]2CCCN(S(=O)(=O)N(C)C)C2)c(OC)cc1Cl. The van der Waals surface area contributed by atoms with Gasteiger partial charge in [0.2, 0.25) is 5.91 Å². The van der Waals surface area contributed by atoms with Gasteiger partial charge in [0.15, 0.2) is 0 Å². The minimum Gasteiger partial charge on any atom is -0.495 e. The number of methoxy groups -OCH3 is 2. The van der Waals surface area contributed by atoms with Crippen LogP contribution in [0.4, 0.5) is 5.69 Å². The van der Waals surface area contributed by atoms with E-state index in [2.05, 4.69) is 5.32 Å². The van der Waals surface area contributed by atoms with Crippen LogP contribution in [0.15, 0.2) is 12.1 Å². The fraction of sp³-hybridized carbons (Fsp3) is 0.562. The molecule has 146 valence electrons. The number of rotatable bonds is 6. The molecular weight excluding hydrogens is 382 g/mol. The number of carbonyl (C=O) groups is 1. The second-order valence-electron chi connectivity index (χ2n) is 6.16. The van der Waals surface area contributed by atoms with Crippen molar-refractivity contribution in [2.24, 2.45) is 5.92 Å². The summed E-state index contributed by atoms with van der Waals surface area (Å²) in [5, 5.41) is 3.16. The molecule has 0 bridgehead atoms. The molecule has 0 aromatic heterocycles. The molecule has 0 saturated carbocycles. The van der Waals surface area contributed by atoms with Gasteiger partial charge in [0, 0.05) is 39.3 Å². The molecule has 1 aromatic carbocycles. The number of nitrogens with one attached hydrogen (secondary N) is 1. The largest absolute Gasteiger partial charge is 0.495 e. The van der Waals surface area contributed by atoms with Crippen LogP contribution in [0.1, 0.15) is 12.8 Å². The second-order valence-corrected chi connectivity index (χ2v) is 8.71. The van der Waals surface area contributed by atoms with Crippen molar-refractivity contribution >= 4 is 33.4 Å². The van der Waals surface area contributed by atoms with E-state index in [1.54, 1.807) is 12.1 Å². The van der Waals surface area contributed by atoms with E-state index in [-0.39, 0.29) is 12.5 Å².